The van der Waals surface area contributed by atoms with Gasteiger partial charge in [-0.1, -0.05) is 77.1 Å². The molecule has 0 aliphatic carbocycles. The van der Waals surface area contributed by atoms with Crippen LogP contribution >= 0.6 is 0 Å². The Morgan fingerprint density at radius 2 is 1.74 bits per heavy atom. The highest BCUT2D eigenvalue weighted by atomic mass is 16.2. The van der Waals surface area contributed by atoms with E-state index in [-0.39, 0.29) is 29.4 Å². The Morgan fingerprint density at radius 1 is 1.03 bits per heavy atom. The van der Waals surface area contributed by atoms with Crippen LogP contribution in [0.4, 0.5) is 0 Å². The van der Waals surface area contributed by atoms with E-state index in [1.807, 2.05) is 44.2 Å². The molecule has 212 valence electrons. The minimum absolute atomic E-state index is 0.00677. The minimum atomic E-state index is -0.536. The van der Waals surface area contributed by atoms with E-state index < -0.39 is 12.1 Å². The van der Waals surface area contributed by atoms with E-state index in [0.717, 1.165) is 31.2 Å². The second kappa shape index (κ2) is 16.5. The number of likely N-dealkylation sites (tertiary alicyclic amines) is 1. The van der Waals surface area contributed by atoms with Crippen LogP contribution in [-0.2, 0) is 20.8 Å². The fourth-order valence-electron chi connectivity index (χ4n) is 5.39. The summed E-state index contributed by atoms with van der Waals surface area (Å²) in [6.07, 6.45) is 9.91. The third-order valence-electron chi connectivity index (χ3n) is 7.23. The van der Waals surface area contributed by atoms with Crippen molar-refractivity contribution >= 4 is 17.6 Å². The summed E-state index contributed by atoms with van der Waals surface area (Å²) in [4.78, 5) is 42.0. The van der Waals surface area contributed by atoms with Gasteiger partial charge < -0.3 is 16.0 Å². The van der Waals surface area contributed by atoms with Crippen LogP contribution in [0, 0.1) is 23.7 Å². The standard InChI is InChI=1S/C32H51N3O3/c1-23(2)20-25(5)16-17-27(22-26-12-7-6-8-13-26)32(38)35-19-11-15-29(35)31(37)34-28(14-9-10-18-33)30(36)21-24(3)4/h6-8,12-13,16-17,23-25,27-29H,9-11,14-15,18-22,33H2,1-5H3,(H,34,37)/b17-16+/t25-,27-,28+,29+/m1/s1. The summed E-state index contributed by atoms with van der Waals surface area (Å²) in [5.41, 5.74) is 6.76. The number of benzene rings is 1. The number of nitrogens with one attached hydrogen (secondary N) is 1. The van der Waals surface area contributed by atoms with E-state index in [0.29, 0.717) is 50.6 Å². The number of carbonyl (C=O) groups excluding carboxylic acids is 3. The number of nitrogens with two attached hydrogens (primary N) is 1. The highest BCUT2D eigenvalue weighted by Crippen LogP contribution is 2.24. The normalized spacial score (nSPS) is 18.2. The highest BCUT2D eigenvalue weighted by molar-refractivity contribution is 5.93. The van der Waals surface area contributed by atoms with E-state index in [4.69, 9.17) is 5.73 Å². The molecule has 1 saturated heterocycles. The zero-order valence-electron chi connectivity index (χ0n) is 24.3. The number of allylic oxidation sites excluding steroid dienone is 1. The molecule has 1 aliphatic heterocycles. The third-order valence-corrected chi connectivity index (χ3v) is 7.23. The van der Waals surface area contributed by atoms with Gasteiger partial charge in [-0.25, -0.2) is 0 Å². The first-order valence-electron chi connectivity index (χ1n) is 14.7. The summed E-state index contributed by atoms with van der Waals surface area (Å²) >= 11 is 0. The van der Waals surface area contributed by atoms with E-state index in [2.05, 4.69) is 38.2 Å². The number of hydrogen-bond acceptors (Lipinski definition) is 4. The number of amides is 2. The molecule has 0 spiro atoms. The highest BCUT2D eigenvalue weighted by Gasteiger charge is 2.37. The van der Waals surface area contributed by atoms with Crippen LogP contribution < -0.4 is 11.1 Å². The number of ketones is 1. The minimum Gasteiger partial charge on any atom is -0.345 e. The monoisotopic (exact) mass is 525 g/mol. The van der Waals surface area contributed by atoms with Gasteiger partial charge in [0.15, 0.2) is 5.78 Å². The zero-order chi connectivity index (χ0) is 28.1. The number of unbranched alkanes of at least 4 members (excludes halogenated alkanes) is 1. The molecular formula is C32H51N3O3. The maximum absolute atomic E-state index is 13.9. The van der Waals surface area contributed by atoms with Crippen LogP contribution in [0.5, 0.6) is 0 Å². The molecule has 1 heterocycles. The van der Waals surface area contributed by atoms with E-state index >= 15 is 0 Å². The molecule has 6 heteroatoms. The van der Waals surface area contributed by atoms with Crippen LogP contribution in [0.15, 0.2) is 42.5 Å². The smallest absolute Gasteiger partial charge is 0.243 e. The Bertz CT molecular complexity index is 896. The van der Waals surface area contributed by atoms with Crippen molar-refractivity contribution in [3.05, 3.63) is 48.0 Å². The van der Waals surface area contributed by atoms with Crippen LogP contribution in [0.3, 0.4) is 0 Å². The molecule has 0 unspecified atom stereocenters. The molecular weight excluding hydrogens is 474 g/mol. The summed E-state index contributed by atoms with van der Waals surface area (Å²) in [5, 5.41) is 3.03. The fraction of sp³-hybridized carbons (Fsp3) is 0.656. The van der Waals surface area contributed by atoms with Gasteiger partial charge in [-0.05, 0) is 74.8 Å². The average Bonchev–Trinajstić information content (AvgIpc) is 3.35. The van der Waals surface area contributed by atoms with E-state index in [9.17, 15) is 14.4 Å². The lowest BCUT2D eigenvalue weighted by Gasteiger charge is -2.29. The number of nitrogens with zero attached hydrogens (tertiary/aromatic N) is 1. The Hall–Kier alpha value is -2.47. The topological polar surface area (TPSA) is 92.5 Å². The molecule has 1 aromatic carbocycles. The van der Waals surface area contributed by atoms with Crippen LogP contribution in [0.2, 0.25) is 0 Å². The third kappa shape index (κ3) is 10.7. The molecule has 0 saturated carbocycles. The Kier molecular flexibility index (Phi) is 13.8. The molecule has 0 radical (unpaired) electrons. The Balaban J connectivity index is 2.19. The van der Waals surface area contributed by atoms with Gasteiger partial charge in [-0.3, -0.25) is 14.4 Å². The molecule has 4 atom stereocenters. The summed E-state index contributed by atoms with van der Waals surface area (Å²) < 4.78 is 0. The van der Waals surface area contributed by atoms with Gasteiger partial charge in [0.2, 0.25) is 11.8 Å². The average molecular weight is 526 g/mol. The lowest BCUT2D eigenvalue weighted by molar-refractivity contribution is -0.141. The summed E-state index contributed by atoms with van der Waals surface area (Å²) in [6.45, 7) is 11.8. The van der Waals surface area contributed by atoms with Gasteiger partial charge in [-0.2, -0.15) is 0 Å². The first-order chi connectivity index (χ1) is 18.1. The van der Waals surface area contributed by atoms with Crippen molar-refractivity contribution < 1.29 is 14.4 Å². The molecule has 1 aromatic rings. The number of rotatable bonds is 16. The fourth-order valence-corrected chi connectivity index (χ4v) is 5.39. The summed E-state index contributed by atoms with van der Waals surface area (Å²) in [7, 11) is 0. The first-order valence-corrected chi connectivity index (χ1v) is 14.7. The number of hydrogen-bond donors (Lipinski definition) is 2. The molecule has 0 bridgehead atoms. The predicted octanol–water partition coefficient (Wildman–Crippen LogP) is 5.30. The molecule has 0 aromatic heterocycles. The maximum Gasteiger partial charge on any atom is 0.243 e. The van der Waals surface area contributed by atoms with Crippen molar-refractivity contribution in [1.82, 2.24) is 10.2 Å². The SMILES string of the molecule is CC(C)CC(=O)[C@H](CCCCN)NC(=O)[C@@H]1CCCN1C(=O)[C@H](/C=C/[C@@H](C)CC(C)C)Cc1ccccc1. The molecule has 38 heavy (non-hydrogen) atoms. The number of Topliss-reactive ketones (excluding diaryl/α,β-unsaturated/α-hetero) is 1. The second-order valence-electron chi connectivity index (χ2n) is 11.9. The van der Waals surface area contributed by atoms with Crippen molar-refractivity contribution in [2.24, 2.45) is 29.4 Å². The number of carbonyl (C=O) groups is 3. The molecule has 2 amide bonds. The lowest BCUT2D eigenvalue weighted by Crippen LogP contribution is -2.52. The van der Waals surface area contributed by atoms with Crippen LogP contribution in [0.1, 0.15) is 85.1 Å². The van der Waals surface area contributed by atoms with Crippen LogP contribution in [-0.4, -0.2) is 47.7 Å². The largest absolute Gasteiger partial charge is 0.345 e. The zero-order valence-corrected chi connectivity index (χ0v) is 24.3. The first kappa shape index (κ1) is 31.7. The van der Waals surface area contributed by atoms with Crippen molar-refractivity contribution in [2.45, 2.75) is 98.1 Å². The van der Waals surface area contributed by atoms with Crippen LogP contribution in [0.25, 0.3) is 0 Å². The second-order valence-corrected chi connectivity index (χ2v) is 11.9. The predicted molar refractivity (Wildman–Crippen MR) is 155 cm³/mol. The van der Waals surface area contributed by atoms with E-state index in [1.165, 1.54) is 0 Å². The summed E-state index contributed by atoms with van der Waals surface area (Å²) in [6, 6.07) is 9.00. The van der Waals surface area contributed by atoms with E-state index in [1.54, 1.807) is 4.90 Å². The maximum atomic E-state index is 13.9. The van der Waals surface area contributed by atoms with Gasteiger partial charge in [0.25, 0.3) is 0 Å². The van der Waals surface area contributed by atoms with Crippen molar-refractivity contribution in [3.63, 3.8) is 0 Å². The van der Waals surface area contributed by atoms with Gasteiger partial charge in [0.1, 0.15) is 6.04 Å². The molecule has 6 nitrogen and oxygen atoms in total. The molecule has 1 aliphatic rings. The van der Waals surface area contributed by atoms with Gasteiger partial charge >= 0.3 is 0 Å². The molecule has 3 N–H and O–H groups in total. The van der Waals surface area contributed by atoms with Crippen molar-refractivity contribution in [1.29, 1.82) is 0 Å². The molecule has 2 rings (SSSR count). The Labute approximate surface area is 230 Å². The van der Waals surface area contributed by atoms with Crippen molar-refractivity contribution in [3.8, 4) is 0 Å². The van der Waals surface area contributed by atoms with Gasteiger partial charge in [0, 0.05) is 13.0 Å². The van der Waals surface area contributed by atoms with Gasteiger partial charge in [-0.15, -0.1) is 0 Å². The Morgan fingerprint density at radius 3 is 2.37 bits per heavy atom. The quantitative estimate of drug-likeness (QED) is 0.226. The lowest BCUT2D eigenvalue weighted by atomic mass is 9.93. The summed E-state index contributed by atoms with van der Waals surface area (Å²) in [5.74, 6) is 0.702. The van der Waals surface area contributed by atoms with Crippen molar-refractivity contribution in [2.75, 3.05) is 13.1 Å². The molecule has 1 fully saturated rings. The van der Waals surface area contributed by atoms with Gasteiger partial charge in [0.05, 0.1) is 12.0 Å².